The Kier molecular flexibility index (Phi) is 4.14. The molecule has 0 spiro atoms. The van der Waals surface area contributed by atoms with E-state index in [9.17, 15) is 4.57 Å². The van der Waals surface area contributed by atoms with Crippen LogP contribution in [0.2, 0.25) is 0 Å². The van der Waals surface area contributed by atoms with Gasteiger partial charge < -0.3 is 9.79 Å². The fraction of sp³-hybridized carbons (Fsp3) is 1.00. The summed E-state index contributed by atoms with van der Waals surface area (Å²) in [7, 11) is -4.30. The number of rotatable bonds is 4. The summed E-state index contributed by atoms with van der Waals surface area (Å²) in [6.07, 6.45) is 3.59. The van der Waals surface area contributed by atoms with Gasteiger partial charge in [0.05, 0.1) is 6.10 Å². The van der Waals surface area contributed by atoms with Crippen molar-refractivity contribution in [2.45, 2.75) is 45.6 Å². The van der Waals surface area contributed by atoms with Gasteiger partial charge in [-0.05, 0) is 24.7 Å². The van der Waals surface area contributed by atoms with Gasteiger partial charge in [-0.25, -0.2) is 4.57 Å². The van der Waals surface area contributed by atoms with E-state index in [1.54, 1.807) is 0 Å². The van der Waals surface area contributed by atoms with Crippen LogP contribution in [0.1, 0.15) is 39.5 Å². The molecule has 5 heteroatoms. The van der Waals surface area contributed by atoms with E-state index in [0.29, 0.717) is 11.8 Å². The van der Waals surface area contributed by atoms with Crippen molar-refractivity contribution in [1.29, 1.82) is 0 Å². The summed E-state index contributed by atoms with van der Waals surface area (Å²) in [4.78, 5) is 17.5. The Hall–Kier alpha value is 0.110. The number of hydrogen-bond donors (Lipinski definition) is 2. The van der Waals surface area contributed by atoms with Crippen molar-refractivity contribution < 1.29 is 18.9 Å². The molecule has 1 fully saturated rings. The summed E-state index contributed by atoms with van der Waals surface area (Å²) in [6, 6.07) is 0. The van der Waals surface area contributed by atoms with Crippen molar-refractivity contribution in [3.63, 3.8) is 0 Å². The van der Waals surface area contributed by atoms with Gasteiger partial charge in [0.15, 0.2) is 0 Å². The lowest BCUT2D eigenvalue weighted by atomic mass is 10.0. The Morgan fingerprint density at radius 3 is 2.36 bits per heavy atom. The van der Waals surface area contributed by atoms with Crippen molar-refractivity contribution in [2.75, 3.05) is 0 Å². The van der Waals surface area contributed by atoms with Gasteiger partial charge in [-0.1, -0.05) is 26.7 Å². The normalized spacial score (nSPS) is 33.6. The molecule has 1 aliphatic carbocycles. The van der Waals surface area contributed by atoms with Crippen LogP contribution in [0, 0.1) is 11.8 Å². The maximum absolute atomic E-state index is 10.7. The molecule has 4 nitrogen and oxygen atoms in total. The molecule has 3 unspecified atom stereocenters. The van der Waals surface area contributed by atoms with E-state index in [2.05, 4.69) is 6.92 Å². The van der Waals surface area contributed by atoms with Gasteiger partial charge in [0.2, 0.25) is 0 Å². The highest BCUT2D eigenvalue weighted by atomic mass is 31.2. The molecule has 0 aromatic carbocycles. The monoisotopic (exact) mass is 222 g/mol. The Bertz CT molecular complexity index is 225. The first-order valence-electron chi connectivity index (χ1n) is 5.20. The van der Waals surface area contributed by atoms with Gasteiger partial charge in [-0.15, -0.1) is 0 Å². The number of phosphoric ester groups is 1. The zero-order valence-electron chi connectivity index (χ0n) is 8.72. The average Bonchev–Trinajstić information content (AvgIpc) is 2.44. The number of phosphoric acid groups is 1. The lowest BCUT2D eigenvalue weighted by molar-refractivity contribution is 0.103. The molecule has 0 saturated heterocycles. The van der Waals surface area contributed by atoms with Crippen LogP contribution in [0.3, 0.4) is 0 Å². The molecule has 14 heavy (non-hydrogen) atoms. The van der Waals surface area contributed by atoms with Crippen molar-refractivity contribution in [1.82, 2.24) is 0 Å². The summed E-state index contributed by atoms with van der Waals surface area (Å²) >= 11 is 0. The van der Waals surface area contributed by atoms with Crippen LogP contribution in [-0.4, -0.2) is 15.9 Å². The van der Waals surface area contributed by atoms with E-state index in [4.69, 9.17) is 14.3 Å². The summed E-state index contributed by atoms with van der Waals surface area (Å²) < 4.78 is 15.5. The second-order valence-electron chi connectivity index (χ2n) is 4.05. The van der Waals surface area contributed by atoms with Crippen molar-refractivity contribution in [3.8, 4) is 0 Å². The Morgan fingerprint density at radius 1 is 1.29 bits per heavy atom. The maximum Gasteiger partial charge on any atom is 0.469 e. The molecule has 0 amide bonds. The smallest absolute Gasteiger partial charge is 0.303 e. The third-order valence-corrected chi connectivity index (χ3v) is 3.65. The third-order valence-electron chi connectivity index (χ3n) is 3.10. The van der Waals surface area contributed by atoms with Gasteiger partial charge in [0.25, 0.3) is 0 Å². The van der Waals surface area contributed by atoms with Crippen molar-refractivity contribution in [2.24, 2.45) is 11.8 Å². The topological polar surface area (TPSA) is 66.8 Å². The molecule has 3 atom stereocenters. The maximum atomic E-state index is 10.7. The molecule has 0 aliphatic heterocycles. The van der Waals surface area contributed by atoms with E-state index >= 15 is 0 Å². The summed E-state index contributed by atoms with van der Waals surface area (Å²) in [5.74, 6) is 0.879. The molecule has 1 rings (SSSR count). The quantitative estimate of drug-likeness (QED) is 0.716. The largest absolute Gasteiger partial charge is 0.469 e. The summed E-state index contributed by atoms with van der Waals surface area (Å²) in [5.41, 5.74) is 0. The predicted octanol–water partition coefficient (Wildman–Crippen LogP) is 2.31. The van der Waals surface area contributed by atoms with E-state index in [0.717, 1.165) is 25.7 Å². The third kappa shape index (κ3) is 3.35. The standard InChI is InChI=1S/C9H19O4P/c1-3-7-5-8(4-2)9(6-7)13-14(10,11)12/h7-9H,3-6H2,1-2H3,(H2,10,11,12). The molecule has 84 valence electrons. The minimum atomic E-state index is -4.30. The van der Waals surface area contributed by atoms with Gasteiger partial charge in [0, 0.05) is 0 Å². The van der Waals surface area contributed by atoms with Crippen LogP contribution in [0.15, 0.2) is 0 Å². The van der Waals surface area contributed by atoms with Crippen LogP contribution in [0.5, 0.6) is 0 Å². The highest BCUT2D eigenvalue weighted by Gasteiger charge is 2.36. The van der Waals surface area contributed by atoms with Crippen molar-refractivity contribution >= 4 is 7.82 Å². The second kappa shape index (κ2) is 4.75. The first-order valence-corrected chi connectivity index (χ1v) is 6.73. The van der Waals surface area contributed by atoms with E-state index < -0.39 is 7.82 Å². The highest BCUT2D eigenvalue weighted by molar-refractivity contribution is 7.46. The highest BCUT2D eigenvalue weighted by Crippen LogP contribution is 2.46. The van der Waals surface area contributed by atoms with Crippen molar-refractivity contribution in [3.05, 3.63) is 0 Å². The van der Waals surface area contributed by atoms with Crippen LogP contribution >= 0.6 is 7.82 Å². The molecule has 0 bridgehead atoms. The Morgan fingerprint density at radius 2 is 1.93 bits per heavy atom. The first kappa shape index (κ1) is 12.2. The molecular formula is C9H19O4P. The Balaban J connectivity index is 2.55. The molecule has 0 aromatic rings. The average molecular weight is 222 g/mol. The fourth-order valence-electron chi connectivity index (χ4n) is 2.27. The lowest BCUT2D eigenvalue weighted by Crippen LogP contribution is -2.16. The van der Waals surface area contributed by atoms with Crippen LogP contribution in [0.4, 0.5) is 0 Å². The van der Waals surface area contributed by atoms with Gasteiger partial charge in [-0.3, -0.25) is 4.52 Å². The minimum Gasteiger partial charge on any atom is -0.303 e. The molecule has 2 N–H and O–H groups in total. The van der Waals surface area contributed by atoms with E-state index in [-0.39, 0.29) is 6.10 Å². The fourth-order valence-corrected chi connectivity index (χ4v) is 2.88. The van der Waals surface area contributed by atoms with Crippen LogP contribution in [-0.2, 0) is 9.09 Å². The second-order valence-corrected chi connectivity index (χ2v) is 5.24. The van der Waals surface area contributed by atoms with Gasteiger partial charge in [0.1, 0.15) is 0 Å². The molecule has 1 saturated carbocycles. The molecular weight excluding hydrogens is 203 g/mol. The zero-order valence-corrected chi connectivity index (χ0v) is 9.61. The lowest BCUT2D eigenvalue weighted by Gasteiger charge is -2.18. The van der Waals surface area contributed by atoms with Gasteiger partial charge >= 0.3 is 7.82 Å². The van der Waals surface area contributed by atoms with Gasteiger partial charge in [-0.2, -0.15) is 0 Å². The molecule has 0 radical (unpaired) electrons. The summed E-state index contributed by atoms with van der Waals surface area (Å²) in [5, 5.41) is 0. The molecule has 1 aliphatic rings. The van der Waals surface area contributed by atoms with Crippen LogP contribution in [0.25, 0.3) is 0 Å². The minimum absolute atomic E-state index is 0.245. The van der Waals surface area contributed by atoms with E-state index in [1.807, 2.05) is 6.92 Å². The predicted molar refractivity (Wildman–Crippen MR) is 53.7 cm³/mol. The zero-order chi connectivity index (χ0) is 10.8. The Labute approximate surface area is 84.9 Å². The number of hydrogen-bond acceptors (Lipinski definition) is 2. The molecule has 0 aromatic heterocycles. The van der Waals surface area contributed by atoms with E-state index in [1.165, 1.54) is 0 Å². The first-order chi connectivity index (χ1) is 6.46. The molecule has 0 heterocycles. The summed E-state index contributed by atoms with van der Waals surface area (Å²) in [6.45, 7) is 4.15. The van der Waals surface area contributed by atoms with Crippen LogP contribution < -0.4 is 0 Å². The SMILES string of the molecule is CCC1CC(CC)C(OP(=O)(O)O)C1.